The van der Waals surface area contributed by atoms with Gasteiger partial charge >= 0.3 is 6.09 Å². The van der Waals surface area contributed by atoms with Gasteiger partial charge in [-0.3, -0.25) is 4.79 Å². The normalized spacial score (nSPS) is 22.3. The fourth-order valence-corrected chi connectivity index (χ4v) is 5.53. The van der Waals surface area contributed by atoms with Gasteiger partial charge in [-0.2, -0.15) is 0 Å². The molecule has 1 unspecified atom stereocenters. The summed E-state index contributed by atoms with van der Waals surface area (Å²) in [5.41, 5.74) is 2.78. The Hall–Kier alpha value is -4.28. The molecule has 3 aromatic rings. The van der Waals surface area contributed by atoms with Gasteiger partial charge in [-0.25, -0.2) is 22.9 Å². The van der Waals surface area contributed by atoms with E-state index in [4.69, 9.17) is 4.74 Å². The monoisotopic (exact) mass is 540 g/mol. The summed E-state index contributed by atoms with van der Waals surface area (Å²) in [7, 11) is 1.55. The number of piperidine rings is 1. The number of amides is 2. The highest BCUT2D eigenvalue weighted by Gasteiger charge is 2.47. The molecule has 39 heavy (non-hydrogen) atoms. The van der Waals surface area contributed by atoms with Gasteiger partial charge in [0.25, 0.3) is 5.91 Å². The molecular weight excluding hydrogens is 513 g/mol. The standard InChI is InChI=1S/C28H27F3N4O4/c1-15-12-33(14-32-15)23-6-4-17(9-25(23)39-3)8-18-5-7-22-16(2)34(28(37)38)13-24(35(22)27(18)36)19-10-20(29)26(31)21(30)11-19/h4,6,8-12,14,16,22,24H,5,7,13H2,1-3H3,(H,37,38)/t16?,22-,24+/m1/s1. The van der Waals surface area contributed by atoms with Gasteiger partial charge in [0.15, 0.2) is 17.5 Å². The van der Waals surface area contributed by atoms with Crippen LogP contribution in [-0.4, -0.2) is 62.2 Å². The maximum absolute atomic E-state index is 14.2. The first-order valence-corrected chi connectivity index (χ1v) is 12.4. The number of hydrogen-bond acceptors (Lipinski definition) is 4. The molecule has 0 bridgehead atoms. The molecule has 0 saturated carbocycles. The molecule has 0 radical (unpaired) electrons. The number of nitrogens with zero attached hydrogens (tertiary/aromatic N) is 4. The number of methoxy groups -OCH3 is 1. The molecule has 5 rings (SSSR count). The van der Waals surface area contributed by atoms with E-state index in [2.05, 4.69) is 4.98 Å². The molecule has 11 heteroatoms. The molecule has 3 heterocycles. The van der Waals surface area contributed by atoms with Crippen LogP contribution in [-0.2, 0) is 4.79 Å². The van der Waals surface area contributed by atoms with E-state index >= 15 is 0 Å². The molecule has 2 fully saturated rings. The highest BCUT2D eigenvalue weighted by molar-refractivity contribution is 5.99. The lowest BCUT2D eigenvalue weighted by Crippen LogP contribution is -2.63. The first-order chi connectivity index (χ1) is 18.6. The topological polar surface area (TPSA) is 87.9 Å². The highest BCUT2D eigenvalue weighted by Crippen LogP contribution is 2.40. The summed E-state index contributed by atoms with van der Waals surface area (Å²) in [5.74, 6) is -4.22. The largest absolute Gasteiger partial charge is 0.495 e. The van der Waals surface area contributed by atoms with Gasteiger partial charge in [-0.05, 0) is 68.2 Å². The predicted octanol–water partition coefficient (Wildman–Crippen LogP) is 5.10. The molecule has 2 aromatic carbocycles. The van der Waals surface area contributed by atoms with Crippen LogP contribution in [0.3, 0.4) is 0 Å². The van der Waals surface area contributed by atoms with Crippen LogP contribution in [0, 0.1) is 24.4 Å². The average Bonchev–Trinajstić information content (AvgIpc) is 3.34. The molecule has 2 aliphatic rings. The molecule has 0 spiro atoms. The van der Waals surface area contributed by atoms with Crippen molar-refractivity contribution in [2.24, 2.45) is 0 Å². The van der Waals surface area contributed by atoms with Gasteiger partial charge in [-0.15, -0.1) is 0 Å². The number of halogens is 3. The second-order valence-corrected chi connectivity index (χ2v) is 9.83. The van der Waals surface area contributed by atoms with Crippen LogP contribution in [0.5, 0.6) is 5.75 Å². The maximum atomic E-state index is 14.2. The number of hydrogen-bond donors (Lipinski definition) is 1. The number of aromatic nitrogens is 2. The zero-order valence-electron chi connectivity index (χ0n) is 21.6. The third-order valence-corrected chi connectivity index (χ3v) is 7.50. The minimum atomic E-state index is -1.62. The number of rotatable bonds is 4. The predicted molar refractivity (Wildman–Crippen MR) is 136 cm³/mol. The number of fused-ring (bicyclic) bond motifs is 1. The first kappa shape index (κ1) is 26.3. The van der Waals surface area contributed by atoms with Crippen LogP contribution in [0.15, 0.2) is 48.4 Å². The van der Waals surface area contributed by atoms with Crippen molar-refractivity contribution in [3.8, 4) is 11.4 Å². The second kappa shape index (κ2) is 10.1. The third kappa shape index (κ3) is 4.73. The van der Waals surface area contributed by atoms with Crippen LogP contribution >= 0.6 is 0 Å². The van der Waals surface area contributed by atoms with E-state index in [1.54, 1.807) is 32.5 Å². The Morgan fingerprint density at radius 2 is 1.90 bits per heavy atom. The Kier molecular flexibility index (Phi) is 6.83. The fourth-order valence-electron chi connectivity index (χ4n) is 5.53. The fraction of sp³-hybridized carbons (Fsp3) is 0.321. The van der Waals surface area contributed by atoms with Crippen LogP contribution in [0.4, 0.5) is 18.0 Å². The molecule has 3 atom stereocenters. The molecular formula is C28H27F3N4O4. The Bertz CT molecular complexity index is 1460. The van der Waals surface area contributed by atoms with Crippen molar-refractivity contribution in [1.29, 1.82) is 0 Å². The Balaban J connectivity index is 1.52. The van der Waals surface area contributed by atoms with Crippen molar-refractivity contribution in [2.45, 2.75) is 44.8 Å². The van der Waals surface area contributed by atoms with Gasteiger partial charge in [0.05, 0.1) is 42.9 Å². The second-order valence-electron chi connectivity index (χ2n) is 9.83. The van der Waals surface area contributed by atoms with Gasteiger partial charge in [0.2, 0.25) is 0 Å². The first-order valence-electron chi connectivity index (χ1n) is 12.4. The molecule has 204 valence electrons. The summed E-state index contributed by atoms with van der Waals surface area (Å²) in [5, 5.41) is 9.77. The number of piperazine rings is 1. The van der Waals surface area contributed by atoms with E-state index in [1.165, 1.54) is 4.90 Å². The van der Waals surface area contributed by atoms with Crippen molar-refractivity contribution in [3.63, 3.8) is 0 Å². The van der Waals surface area contributed by atoms with Gasteiger partial charge in [0.1, 0.15) is 5.75 Å². The van der Waals surface area contributed by atoms with Crippen molar-refractivity contribution in [3.05, 3.63) is 82.7 Å². The summed E-state index contributed by atoms with van der Waals surface area (Å²) >= 11 is 0. The van der Waals surface area contributed by atoms with E-state index in [1.807, 2.05) is 29.8 Å². The summed E-state index contributed by atoms with van der Waals surface area (Å²) in [4.78, 5) is 32.7. The van der Waals surface area contributed by atoms with Gasteiger partial charge in [-0.1, -0.05) is 6.07 Å². The van der Waals surface area contributed by atoms with E-state index in [-0.39, 0.29) is 18.0 Å². The summed E-state index contributed by atoms with van der Waals surface area (Å²) < 4.78 is 49.4. The highest BCUT2D eigenvalue weighted by atomic mass is 19.2. The van der Waals surface area contributed by atoms with Crippen molar-refractivity contribution in [1.82, 2.24) is 19.4 Å². The van der Waals surface area contributed by atoms with Crippen LogP contribution < -0.4 is 4.74 Å². The number of imidazole rings is 1. The van der Waals surface area contributed by atoms with Gasteiger partial charge < -0.3 is 24.2 Å². The summed E-state index contributed by atoms with van der Waals surface area (Å²) in [6, 6.07) is 5.06. The quantitative estimate of drug-likeness (QED) is 0.367. The van der Waals surface area contributed by atoms with Crippen LogP contribution in [0.1, 0.15) is 42.6 Å². The lowest BCUT2D eigenvalue weighted by atomic mass is 9.85. The molecule has 2 aliphatic heterocycles. The number of carbonyl (C=O) groups is 2. The van der Waals surface area contributed by atoms with Crippen LogP contribution in [0.25, 0.3) is 11.8 Å². The zero-order valence-corrected chi connectivity index (χ0v) is 21.6. The minimum Gasteiger partial charge on any atom is -0.495 e. The maximum Gasteiger partial charge on any atom is 0.407 e. The lowest BCUT2D eigenvalue weighted by molar-refractivity contribution is -0.141. The average molecular weight is 541 g/mol. The van der Waals surface area contributed by atoms with Crippen molar-refractivity contribution < 1.29 is 32.6 Å². The van der Waals surface area contributed by atoms with Gasteiger partial charge in [0, 0.05) is 18.3 Å². The van der Waals surface area contributed by atoms with E-state index in [9.17, 15) is 27.9 Å². The smallest absolute Gasteiger partial charge is 0.407 e. The molecule has 2 saturated heterocycles. The number of benzene rings is 2. The summed E-state index contributed by atoms with van der Waals surface area (Å²) in [6.45, 7) is 3.38. The Morgan fingerprint density at radius 1 is 1.18 bits per heavy atom. The molecule has 1 N–H and O–H groups in total. The Morgan fingerprint density at radius 3 is 2.51 bits per heavy atom. The van der Waals surface area contributed by atoms with E-state index < -0.39 is 41.7 Å². The zero-order chi connectivity index (χ0) is 28.0. The number of carbonyl (C=O) groups excluding carboxylic acids is 1. The van der Waals surface area contributed by atoms with Crippen molar-refractivity contribution >= 4 is 18.1 Å². The molecule has 0 aliphatic carbocycles. The van der Waals surface area contributed by atoms with Crippen LogP contribution in [0.2, 0.25) is 0 Å². The SMILES string of the molecule is COc1cc(C=C2CC[C@@H]3C(C)N(C(=O)O)C[C@@H](c4cc(F)c(F)c(F)c4)N3C2=O)ccc1-n1cnc(C)c1. The van der Waals surface area contributed by atoms with Crippen molar-refractivity contribution in [2.75, 3.05) is 13.7 Å². The molecule has 8 nitrogen and oxygen atoms in total. The summed E-state index contributed by atoms with van der Waals surface area (Å²) in [6.07, 6.45) is 4.89. The lowest BCUT2D eigenvalue weighted by Gasteiger charge is -2.52. The van der Waals surface area contributed by atoms with E-state index in [0.29, 0.717) is 29.7 Å². The third-order valence-electron chi connectivity index (χ3n) is 7.50. The minimum absolute atomic E-state index is 0.00852. The molecule has 1 aromatic heterocycles. The number of ether oxygens (including phenoxy) is 1. The number of aryl methyl sites for hydroxylation is 1. The molecule has 2 amide bonds. The number of carboxylic acid groups (broad SMARTS) is 1. The van der Waals surface area contributed by atoms with E-state index in [0.717, 1.165) is 28.4 Å². The Labute approximate surface area is 222 Å².